The first-order chi connectivity index (χ1) is 25.0. The first kappa shape index (κ1) is 41.1. The summed E-state index contributed by atoms with van der Waals surface area (Å²) in [7, 11) is -7.65. The molecule has 2 aliphatic carbocycles. The fourth-order valence-electron chi connectivity index (χ4n) is 5.92. The lowest BCUT2D eigenvalue weighted by molar-refractivity contribution is -0.0120. The number of anilines is 2. The molecule has 10 nitrogen and oxygen atoms in total. The highest BCUT2D eigenvalue weighted by molar-refractivity contribution is 7.92. The quantitative estimate of drug-likeness (QED) is 0.136. The number of aliphatic hydroxyl groups is 2. The van der Waals surface area contributed by atoms with Gasteiger partial charge in [0.25, 0.3) is 11.8 Å². The largest absolute Gasteiger partial charge is 0.390 e. The van der Waals surface area contributed by atoms with Crippen molar-refractivity contribution in [2.45, 2.75) is 71.0 Å². The zero-order valence-electron chi connectivity index (χ0n) is 28.3. The average Bonchev–Trinajstić information content (AvgIpc) is 3.06. The number of benzene rings is 4. The standard InChI is InChI=1S/2C18H16ClF2NO4S/c2*1-18(24)8-12(9-18)27(25,26)16-6-10(2-4-13(16)19)17(23)22-11-3-5-14(20)15(21)7-11/h2*2-7,12,24H,8-9H2,1H3,(H,22,23). The maximum Gasteiger partial charge on any atom is 0.255 e. The van der Waals surface area contributed by atoms with E-state index in [4.69, 9.17) is 23.2 Å². The average molecular weight is 832 g/mol. The maximum atomic E-state index is 13.3. The van der Waals surface area contributed by atoms with E-state index in [-0.39, 0.29) is 68.0 Å². The van der Waals surface area contributed by atoms with Crippen molar-refractivity contribution in [2.75, 3.05) is 10.6 Å². The van der Waals surface area contributed by atoms with Crippen molar-refractivity contribution in [3.05, 3.63) is 117 Å². The summed E-state index contributed by atoms with van der Waals surface area (Å²) in [5, 5.41) is 22.7. The SMILES string of the molecule is CC1(O)CC(S(=O)(=O)c2cc(C(=O)Nc3ccc(F)c(F)c3)ccc2Cl)C1.CC1(O)CC(S(=O)(=O)c2cc(C(=O)Nc3ccc(F)c(F)c3)ccc2Cl)C1. The molecule has 0 spiro atoms. The van der Waals surface area contributed by atoms with Gasteiger partial charge in [-0.15, -0.1) is 0 Å². The van der Waals surface area contributed by atoms with Gasteiger partial charge in [-0.3, -0.25) is 9.59 Å². The molecule has 4 N–H and O–H groups in total. The van der Waals surface area contributed by atoms with Gasteiger partial charge < -0.3 is 20.8 Å². The number of sulfone groups is 2. The molecule has 0 heterocycles. The minimum atomic E-state index is -3.83. The second kappa shape index (κ2) is 15.2. The molecule has 54 heavy (non-hydrogen) atoms. The van der Waals surface area contributed by atoms with E-state index >= 15 is 0 Å². The van der Waals surface area contributed by atoms with Crippen molar-refractivity contribution >= 4 is 66.1 Å². The third-order valence-corrected chi connectivity index (χ3v) is 14.1. The third-order valence-electron chi connectivity index (χ3n) is 8.90. The van der Waals surface area contributed by atoms with Crippen molar-refractivity contribution in [2.24, 2.45) is 0 Å². The van der Waals surface area contributed by atoms with Crippen LogP contribution in [0, 0.1) is 23.3 Å². The molecule has 2 amide bonds. The Morgan fingerprint density at radius 1 is 0.593 bits per heavy atom. The molecule has 0 radical (unpaired) electrons. The summed E-state index contributed by atoms with van der Waals surface area (Å²) >= 11 is 12.0. The molecule has 4 aromatic carbocycles. The molecule has 0 bridgehead atoms. The highest BCUT2D eigenvalue weighted by Crippen LogP contribution is 2.42. The predicted octanol–water partition coefficient (Wildman–Crippen LogP) is 7.12. The number of halogens is 6. The number of hydrogen-bond donors (Lipinski definition) is 4. The Hall–Kier alpha value is -4.06. The number of carbonyl (C=O) groups excluding carboxylic acids is 2. The highest BCUT2D eigenvalue weighted by atomic mass is 35.5. The van der Waals surface area contributed by atoms with E-state index in [0.717, 1.165) is 36.4 Å². The van der Waals surface area contributed by atoms with Crippen LogP contribution in [0.3, 0.4) is 0 Å². The fraction of sp³-hybridized carbons (Fsp3) is 0.278. The maximum absolute atomic E-state index is 13.3. The Morgan fingerprint density at radius 2 is 0.926 bits per heavy atom. The summed E-state index contributed by atoms with van der Waals surface area (Å²) in [4.78, 5) is 24.3. The second-order valence-electron chi connectivity index (χ2n) is 13.6. The lowest BCUT2D eigenvalue weighted by Gasteiger charge is -2.40. The zero-order chi connectivity index (χ0) is 40.0. The summed E-state index contributed by atoms with van der Waals surface area (Å²) in [6, 6.07) is 13.2. The van der Waals surface area contributed by atoms with Crippen molar-refractivity contribution in [1.82, 2.24) is 0 Å². The van der Waals surface area contributed by atoms with Gasteiger partial charge in [-0.2, -0.15) is 0 Å². The van der Waals surface area contributed by atoms with Crippen LogP contribution >= 0.6 is 23.2 Å². The number of nitrogens with one attached hydrogen (secondary N) is 2. The van der Waals surface area contributed by atoms with Crippen molar-refractivity contribution in [3.63, 3.8) is 0 Å². The summed E-state index contributed by atoms with van der Waals surface area (Å²) in [6.45, 7) is 3.10. The highest BCUT2D eigenvalue weighted by Gasteiger charge is 2.48. The Labute approximate surface area is 318 Å². The number of carbonyl (C=O) groups is 2. The van der Waals surface area contributed by atoms with Gasteiger partial charge >= 0.3 is 0 Å². The van der Waals surface area contributed by atoms with Gasteiger partial charge in [0, 0.05) is 34.6 Å². The van der Waals surface area contributed by atoms with E-state index in [9.17, 15) is 54.2 Å². The van der Waals surface area contributed by atoms with Crippen LogP contribution in [-0.4, -0.2) is 60.6 Å². The summed E-state index contributed by atoms with van der Waals surface area (Å²) in [5.74, 6) is -5.74. The molecule has 6 rings (SSSR count). The monoisotopic (exact) mass is 830 g/mol. The minimum absolute atomic E-state index is 0.00575. The van der Waals surface area contributed by atoms with E-state index in [1.54, 1.807) is 13.8 Å². The third kappa shape index (κ3) is 9.07. The lowest BCUT2D eigenvalue weighted by atomic mass is 9.82. The van der Waals surface area contributed by atoms with E-state index in [1.165, 1.54) is 36.4 Å². The molecular formula is C36H32Cl2F4N2O8S2. The lowest BCUT2D eigenvalue weighted by Crippen LogP contribution is -2.48. The van der Waals surface area contributed by atoms with Crippen LogP contribution in [0.25, 0.3) is 0 Å². The van der Waals surface area contributed by atoms with Gasteiger partial charge in [0.05, 0.1) is 41.5 Å². The molecule has 2 aliphatic rings. The minimum Gasteiger partial charge on any atom is -0.390 e. The summed E-state index contributed by atoms with van der Waals surface area (Å²) in [6.07, 6.45) is 0.321. The normalized spacial score (nSPS) is 22.2. The molecule has 2 fully saturated rings. The molecule has 0 atom stereocenters. The van der Waals surface area contributed by atoms with Crippen molar-refractivity contribution < 1.29 is 54.2 Å². The molecular weight excluding hydrogens is 799 g/mol. The molecule has 18 heteroatoms. The van der Waals surface area contributed by atoms with Crippen LogP contribution in [0.2, 0.25) is 10.0 Å². The molecule has 288 valence electrons. The Kier molecular flexibility index (Phi) is 11.6. The molecule has 4 aromatic rings. The topological polar surface area (TPSA) is 167 Å². The molecule has 2 saturated carbocycles. The summed E-state index contributed by atoms with van der Waals surface area (Å²) in [5.41, 5.74) is -2.04. The van der Waals surface area contributed by atoms with Gasteiger partial charge in [-0.05, 0) is 100 Å². The van der Waals surface area contributed by atoms with E-state index in [2.05, 4.69) is 10.6 Å². The van der Waals surface area contributed by atoms with E-state index in [0.29, 0.717) is 0 Å². The fourth-order valence-corrected chi connectivity index (χ4v) is 11.1. The zero-order valence-corrected chi connectivity index (χ0v) is 31.5. The van der Waals surface area contributed by atoms with Crippen LogP contribution in [0.1, 0.15) is 60.2 Å². The van der Waals surface area contributed by atoms with Crippen LogP contribution in [0.4, 0.5) is 28.9 Å². The van der Waals surface area contributed by atoms with Gasteiger partial charge in [-0.1, -0.05) is 23.2 Å². The molecule has 0 aliphatic heterocycles. The van der Waals surface area contributed by atoms with E-state index < -0.39 is 76.5 Å². The summed E-state index contributed by atoms with van der Waals surface area (Å²) < 4.78 is 103. The van der Waals surface area contributed by atoms with Crippen LogP contribution in [-0.2, 0) is 19.7 Å². The number of amides is 2. The molecule has 0 unspecified atom stereocenters. The van der Waals surface area contributed by atoms with Gasteiger partial charge in [0.2, 0.25) is 0 Å². The van der Waals surface area contributed by atoms with Gasteiger partial charge in [-0.25, -0.2) is 34.4 Å². The van der Waals surface area contributed by atoms with Crippen molar-refractivity contribution in [3.8, 4) is 0 Å². The van der Waals surface area contributed by atoms with E-state index in [1.807, 2.05) is 0 Å². The number of hydrogen-bond acceptors (Lipinski definition) is 8. The smallest absolute Gasteiger partial charge is 0.255 e. The second-order valence-corrected chi connectivity index (χ2v) is 18.8. The first-order valence-corrected chi connectivity index (χ1v) is 19.9. The van der Waals surface area contributed by atoms with Crippen LogP contribution in [0.5, 0.6) is 0 Å². The number of rotatable bonds is 8. The Morgan fingerprint density at radius 3 is 1.22 bits per heavy atom. The Bertz CT molecular complexity index is 2200. The molecule has 0 saturated heterocycles. The van der Waals surface area contributed by atoms with Gasteiger partial charge in [0.15, 0.2) is 42.9 Å². The van der Waals surface area contributed by atoms with Crippen LogP contribution in [0.15, 0.2) is 82.6 Å². The Balaban J connectivity index is 0.000000208. The van der Waals surface area contributed by atoms with Crippen molar-refractivity contribution in [1.29, 1.82) is 0 Å². The van der Waals surface area contributed by atoms with Crippen LogP contribution < -0.4 is 10.6 Å². The first-order valence-electron chi connectivity index (χ1n) is 16.0. The molecule has 0 aromatic heterocycles. The predicted molar refractivity (Wildman–Crippen MR) is 193 cm³/mol. The van der Waals surface area contributed by atoms with Gasteiger partial charge in [0.1, 0.15) is 0 Å².